The predicted octanol–water partition coefficient (Wildman–Crippen LogP) is 3.99. The van der Waals surface area contributed by atoms with Crippen LogP contribution in [0.25, 0.3) is 0 Å². The van der Waals surface area contributed by atoms with Gasteiger partial charge in [0.15, 0.2) is 11.6 Å². The van der Waals surface area contributed by atoms with Gasteiger partial charge in [-0.1, -0.05) is 31.7 Å². The van der Waals surface area contributed by atoms with Crippen LogP contribution >= 0.6 is 0 Å². The van der Waals surface area contributed by atoms with Crippen LogP contribution < -0.4 is 14.8 Å². The highest BCUT2D eigenvalue weighted by atomic mass is 32.2. The molecule has 184 valence electrons. The molecule has 0 spiro atoms. The predicted molar refractivity (Wildman–Crippen MR) is 124 cm³/mol. The summed E-state index contributed by atoms with van der Waals surface area (Å²) in [6.45, 7) is 2.22. The Bertz CT molecular complexity index is 931. The number of halogens is 1. The quantitative estimate of drug-likeness (QED) is 0.347. The zero-order valence-corrected chi connectivity index (χ0v) is 20.1. The van der Waals surface area contributed by atoms with Crippen LogP contribution in [0.1, 0.15) is 82.7 Å². The first kappa shape index (κ1) is 25.6. The molecule has 2 aliphatic rings. The number of benzene rings is 1. The number of sulfonamides is 1. The van der Waals surface area contributed by atoms with Crippen molar-refractivity contribution in [1.82, 2.24) is 10.0 Å². The van der Waals surface area contributed by atoms with Crippen molar-refractivity contribution in [3.05, 3.63) is 29.6 Å². The van der Waals surface area contributed by atoms with Gasteiger partial charge in [-0.3, -0.25) is 14.9 Å². The van der Waals surface area contributed by atoms with E-state index in [9.17, 15) is 22.4 Å². The van der Waals surface area contributed by atoms with Crippen molar-refractivity contribution in [2.45, 2.75) is 77.2 Å². The number of hydrogen-bond acceptors (Lipinski definition) is 5. The summed E-state index contributed by atoms with van der Waals surface area (Å²) in [7, 11) is -3.51. The van der Waals surface area contributed by atoms with E-state index in [0.717, 1.165) is 19.3 Å². The molecule has 2 atom stereocenters. The van der Waals surface area contributed by atoms with E-state index in [1.54, 1.807) is 19.1 Å². The van der Waals surface area contributed by atoms with Crippen LogP contribution in [0.15, 0.2) is 18.2 Å². The fourth-order valence-electron chi connectivity index (χ4n) is 4.55. The highest BCUT2D eigenvalue weighted by Gasteiger charge is 2.26. The van der Waals surface area contributed by atoms with Crippen LogP contribution in [-0.2, 0) is 19.6 Å². The van der Waals surface area contributed by atoms with E-state index in [2.05, 4.69) is 10.0 Å². The first-order valence-electron chi connectivity index (χ1n) is 12.0. The van der Waals surface area contributed by atoms with Gasteiger partial charge in [0.25, 0.3) is 0 Å². The lowest BCUT2D eigenvalue weighted by atomic mass is 9.92. The van der Waals surface area contributed by atoms with Crippen LogP contribution in [0.4, 0.5) is 4.39 Å². The molecule has 0 bridgehead atoms. The van der Waals surface area contributed by atoms with Gasteiger partial charge in [-0.05, 0) is 62.6 Å². The second-order valence-corrected chi connectivity index (χ2v) is 11.2. The SMILES string of the molecule is C[C@@H](NS(=O)(=O)CCCCCC1CCC(=O)NC1=O)c1ccc(F)c(OCC2CCCC2)c1. The molecule has 9 heteroatoms. The number of ether oxygens (including phenoxy) is 1. The van der Waals surface area contributed by atoms with Gasteiger partial charge in [0.05, 0.1) is 12.4 Å². The molecule has 1 heterocycles. The molecular weight excluding hydrogens is 447 g/mol. The van der Waals surface area contributed by atoms with E-state index in [-0.39, 0.29) is 29.2 Å². The third-order valence-electron chi connectivity index (χ3n) is 6.58. The Kier molecular flexibility index (Phi) is 9.26. The third kappa shape index (κ3) is 8.07. The highest BCUT2D eigenvalue weighted by Crippen LogP contribution is 2.28. The minimum atomic E-state index is -3.51. The Balaban J connectivity index is 1.41. The standard InChI is InChI=1S/C24H35FN2O5S/c1-17(20-10-12-21(25)22(15-20)32-16-18-7-4-5-8-18)27-33(30,31)14-6-2-3-9-19-11-13-23(28)26-24(19)29/h10,12,15,17-19,27H,2-9,11,13-14,16H2,1H3,(H,26,28,29)/t17-,19?/m1/s1. The lowest BCUT2D eigenvalue weighted by Crippen LogP contribution is -2.40. The first-order chi connectivity index (χ1) is 15.7. The van der Waals surface area contributed by atoms with Crippen molar-refractivity contribution in [2.75, 3.05) is 12.4 Å². The molecular formula is C24H35FN2O5S. The molecule has 1 aliphatic heterocycles. The van der Waals surface area contributed by atoms with Crippen LogP contribution in [0, 0.1) is 17.7 Å². The zero-order valence-electron chi connectivity index (χ0n) is 19.3. The second-order valence-electron chi connectivity index (χ2n) is 9.31. The lowest BCUT2D eigenvalue weighted by molar-refractivity contribution is -0.136. The van der Waals surface area contributed by atoms with Gasteiger partial charge in [-0.25, -0.2) is 17.5 Å². The van der Waals surface area contributed by atoms with Gasteiger partial charge in [0, 0.05) is 18.4 Å². The Morgan fingerprint density at radius 2 is 1.91 bits per heavy atom. The molecule has 1 aromatic carbocycles. The monoisotopic (exact) mass is 482 g/mol. The number of piperidine rings is 1. The van der Waals surface area contributed by atoms with Gasteiger partial charge in [-0.2, -0.15) is 0 Å². The number of rotatable bonds is 12. The molecule has 3 rings (SSSR count). The Morgan fingerprint density at radius 1 is 1.15 bits per heavy atom. The van der Waals surface area contributed by atoms with E-state index in [4.69, 9.17) is 4.74 Å². The summed E-state index contributed by atoms with van der Waals surface area (Å²) in [5, 5.41) is 2.34. The Morgan fingerprint density at radius 3 is 2.64 bits per heavy atom. The van der Waals surface area contributed by atoms with Crippen LogP contribution in [-0.4, -0.2) is 32.6 Å². The van der Waals surface area contributed by atoms with Crippen LogP contribution in [0.2, 0.25) is 0 Å². The average Bonchev–Trinajstić information content (AvgIpc) is 3.27. The Hall–Kier alpha value is -2.00. The van der Waals surface area contributed by atoms with E-state index in [1.807, 2.05) is 0 Å². The smallest absolute Gasteiger partial charge is 0.229 e. The summed E-state index contributed by atoms with van der Waals surface area (Å²) < 4.78 is 47.5. The summed E-state index contributed by atoms with van der Waals surface area (Å²) in [4.78, 5) is 23.0. The lowest BCUT2D eigenvalue weighted by Gasteiger charge is -2.20. The molecule has 7 nitrogen and oxygen atoms in total. The molecule has 0 radical (unpaired) electrons. The molecule has 33 heavy (non-hydrogen) atoms. The number of carbonyl (C=O) groups excluding carboxylic acids is 2. The molecule has 2 amide bonds. The van der Waals surface area contributed by atoms with E-state index >= 15 is 0 Å². The van der Waals surface area contributed by atoms with Gasteiger partial charge < -0.3 is 4.74 Å². The van der Waals surface area contributed by atoms with Crippen molar-refractivity contribution in [3.8, 4) is 5.75 Å². The summed E-state index contributed by atoms with van der Waals surface area (Å²) in [5.41, 5.74) is 0.652. The van der Waals surface area contributed by atoms with Gasteiger partial charge in [0.1, 0.15) is 0 Å². The fraction of sp³-hybridized carbons (Fsp3) is 0.667. The summed E-state index contributed by atoms with van der Waals surface area (Å²) in [6, 6.07) is 3.97. The summed E-state index contributed by atoms with van der Waals surface area (Å²) in [6.07, 6.45) is 8.06. The molecule has 1 saturated carbocycles. The summed E-state index contributed by atoms with van der Waals surface area (Å²) in [5.74, 6) is -0.447. The molecule has 1 aromatic rings. The molecule has 0 aromatic heterocycles. The van der Waals surface area contributed by atoms with Gasteiger partial charge in [0.2, 0.25) is 21.8 Å². The second kappa shape index (κ2) is 11.9. The van der Waals surface area contributed by atoms with E-state index in [0.29, 0.717) is 50.2 Å². The number of nitrogens with one attached hydrogen (secondary N) is 2. The Labute approximate surface area is 195 Å². The van der Waals surface area contributed by atoms with E-state index < -0.39 is 21.9 Å². The summed E-state index contributed by atoms with van der Waals surface area (Å²) >= 11 is 0. The maximum Gasteiger partial charge on any atom is 0.229 e. The fourth-order valence-corrected chi connectivity index (χ4v) is 5.93. The maximum atomic E-state index is 14.2. The number of carbonyl (C=O) groups is 2. The van der Waals surface area contributed by atoms with Crippen molar-refractivity contribution in [2.24, 2.45) is 11.8 Å². The molecule has 2 fully saturated rings. The van der Waals surface area contributed by atoms with Crippen molar-refractivity contribution in [1.29, 1.82) is 0 Å². The van der Waals surface area contributed by atoms with Crippen molar-refractivity contribution < 1.29 is 27.1 Å². The molecule has 1 unspecified atom stereocenters. The number of hydrogen-bond donors (Lipinski definition) is 2. The number of amides is 2. The zero-order chi connectivity index (χ0) is 23.8. The highest BCUT2D eigenvalue weighted by molar-refractivity contribution is 7.89. The van der Waals surface area contributed by atoms with Gasteiger partial charge in [-0.15, -0.1) is 0 Å². The minimum absolute atomic E-state index is 0.0150. The molecule has 1 aliphatic carbocycles. The van der Waals surface area contributed by atoms with E-state index in [1.165, 1.54) is 18.9 Å². The average molecular weight is 483 g/mol. The van der Waals surface area contributed by atoms with Gasteiger partial charge >= 0.3 is 0 Å². The molecule has 1 saturated heterocycles. The minimum Gasteiger partial charge on any atom is -0.490 e. The third-order valence-corrected chi connectivity index (χ3v) is 8.12. The largest absolute Gasteiger partial charge is 0.490 e. The topological polar surface area (TPSA) is 102 Å². The number of imide groups is 1. The van der Waals surface area contributed by atoms with Crippen molar-refractivity contribution >= 4 is 21.8 Å². The maximum absolute atomic E-state index is 14.2. The normalized spacial score (nSPS) is 20.6. The van der Waals surface area contributed by atoms with Crippen LogP contribution in [0.3, 0.4) is 0 Å². The van der Waals surface area contributed by atoms with Crippen molar-refractivity contribution in [3.63, 3.8) is 0 Å². The molecule has 2 N–H and O–H groups in total. The number of unbranched alkanes of at least 4 members (excludes halogenated alkanes) is 2. The first-order valence-corrected chi connectivity index (χ1v) is 13.6. The van der Waals surface area contributed by atoms with Crippen LogP contribution in [0.5, 0.6) is 5.75 Å².